The van der Waals surface area contributed by atoms with Crippen molar-refractivity contribution in [3.05, 3.63) is 48.3 Å². The monoisotopic (exact) mass is 347 g/mol. The van der Waals surface area contributed by atoms with Crippen LogP contribution in [0.5, 0.6) is 0 Å². The first-order chi connectivity index (χ1) is 12.6. The molecule has 5 nitrogen and oxygen atoms in total. The lowest BCUT2D eigenvalue weighted by Gasteiger charge is -2.14. The van der Waals surface area contributed by atoms with E-state index in [1.165, 1.54) is 24.8 Å². The fourth-order valence-corrected chi connectivity index (χ4v) is 3.92. The zero-order chi connectivity index (χ0) is 17.7. The van der Waals surface area contributed by atoms with Gasteiger partial charge in [0.15, 0.2) is 0 Å². The number of likely N-dealkylation sites (tertiary alicyclic amines) is 1. The Morgan fingerprint density at radius 3 is 2.85 bits per heavy atom. The van der Waals surface area contributed by atoms with E-state index in [4.69, 9.17) is 4.98 Å². The molecule has 1 N–H and O–H groups in total. The average Bonchev–Trinajstić information content (AvgIpc) is 3.07. The molecule has 134 valence electrons. The Morgan fingerprint density at radius 1 is 1.19 bits per heavy atom. The SMILES string of the molecule is CN1CC[C@@H](Nc2cccc(-c3cnc4ccc(C5(C)CC5)cn34)n2)C1. The summed E-state index contributed by atoms with van der Waals surface area (Å²) in [5.41, 5.74) is 4.74. The molecule has 0 bridgehead atoms. The van der Waals surface area contributed by atoms with Crippen LogP contribution in [0.3, 0.4) is 0 Å². The minimum Gasteiger partial charge on any atom is -0.366 e. The molecule has 2 aliphatic rings. The fraction of sp³-hybridized carbons (Fsp3) is 0.429. The molecule has 1 saturated heterocycles. The van der Waals surface area contributed by atoms with Gasteiger partial charge in [-0.3, -0.25) is 4.40 Å². The van der Waals surface area contributed by atoms with Crippen molar-refractivity contribution in [2.24, 2.45) is 0 Å². The second-order valence-corrected chi connectivity index (χ2v) is 8.15. The highest BCUT2D eigenvalue weighted by Gasteiger charge is 2.39. The van der Waals surface area contributed by atoms with Gasteiger partial charge in [-0.15, -0.1) is 0 Å². The van der Waals surface area contributed by atoms with Gasteiger partial charge in [-0.25, -0.2) is 9.97 Å². The van der Waals surface area contributed by atoms with Crippen LogP contribution in [0.4, 0.5) is 5.82 Å². The van der Waals surface area contributed by atoms with E-state index in [-0.39, 0.29) is 0 Å². The van der Waals surface area contributed by atoms with E-state index in [1.807, 2.05) is 6.20 Å². The summed E-state index contributed by atoms with van der Waals surface area (Å²) in [5.74, 6) is 0.947. The quantitative estimate of drug-likeness (QED) is 0.784. The van der Waals surface area contributed by atoms with Crippen molar-refractivity contribution in [2.75, 3.05) is 25.5 Å². The number of likely N-dealkylation sites (N-methyl/N-ethyl adjacent to an activating group) is 1. The minimum absolute atomic E-state index is 0.348. The summed E-state index contributed by atoms with van der Waals surface area (Å²) in [6, 6.07) is 11.0. The van der Waals surface area contributed by atoms with Crippen LogP contribution in [-0.2, 0) is 5.41 Å². The van der Waals surface area contributed by atoms with E-state index in [9.17, 15) is 0 Å². The Hall–Kier alpha value is -2.40. The Bertz CT molecular complexity index is 956. The minimum atomic E-state index is 0.348. The largest absolute Gasteiger partial charge is 0.366 e. The number of nitrogens with one attached hydrogen (secondary N) is 1. The van der Waals surface area contributed by atoms with Gasteiger partial charge in [0.2, 0.25) is 0 Å². The molecule has 5 rings (SSSR count). The number of pyridine rings is 2. The second kappa shape index (κ2) is 5.81. The maximum atomic E-state index is 4.87. The third-order valence-electron chi connectivity index (χ3n) is 5.96. The van der Waals surface area contributed by atoms with Gasteiger partial charge < -0.3 is 10.2 Å². The fourth-order valence-electron chi connectivity index (χ4n) is 3.92. The normalized spacial score (nSPS) is 22.0. The number of rotatable bonds is 4. The van der Waals surface area contributed by atoms with Gasteiger partial charge in [-0.05, 0) is 62.0 Å². The number of imidazole rings is 1. The van der Waals surface area contributed by atoms with Crippen molar-refractivity contribution in [3.8, 4) is 11.4 Å². The highest BCUT2D eigenvalue weighted by atomic mass is 15.2. The lowest BCUT2D eigenvalue weighted by molar-refractivity contribution is 0.414. The van der Waals surface area contributed by atoms with E-state index in [1.54, 1.807) is 0 Å². The van der Waals surface area contributed by atoms with Gasteiger partial charge in [0.05, 0.1) is 17.6 Å². The molecule has 1 aliphatic carbocycles. The number of fused-ring (bicyclic) bond motifs is 1. The highest BCUT2D eigenvalue weighted by molar-refractivity contribution is 5.62. The van der Waals surface area contributed by atoms with Crippen molar-refractivity contribution in [1.29, 1.82) is 0 Å². The first-order valence-corrected chi connectivity index (χ1v) is 9.51. The van der Waals surface area contributed by atoms with E-state index in [0.29, 0.717) is 11.5 Å². The van der Waals surface area contributed by atoms with Gasteiger partial charge in [0.25, 0.3) is 0 Å². The molecule has 0 radical (unpaired) electrons. The van der Waals surface area contributed by atoms with Crippen LogP contribution in [0.2, 0.25) is 0 Å². The maximum Gasteiger partial charge on any atom is 0.137 e. The third kappa shape index (κ3) is 2.76. The molecule has 5 heteroatoms. The zero-order valence-corrected chi connectivity index (χ0v) is 15.4. The molecule has 26 heavy (non-hydrogen) atoms. The Morgan fingerprint density at radius 2 is 2.08 bits per heavy atom. The molecule has 3 aromatic heterocycles. The molecular weight excluding hydrogens is 322 g/mol. The van der Waals surface area contributed by atoms with E-state index in [0.717, 1.165) is 35.9 Å². The summed E-state index contributed by atoms with van der Waals surface area (Å²) in [5, 5.41) is 3.58. The highest BCUT2D eigenvalue weighted by Crippen LogP contribution is 2.47. The molecule has 1 saturated carbocycles. The van der Waals surface area contributed by atoms with Crippen LogP contribution >= 0.6 is 0 Å². The summed E-state index contributed by atoms with van der Waals surface area (Å²) >= 11 is 0. The lowest BCUT2D eigenvalue weighted by atomic mass is 10.0. The van der Waals surface area contributed by atoms with Crippen molar-refractivity contribution < 1.29 is 0 Å². The molecule has 0 amide bonds. The number of hydrogen-bond acceptors (Lipinski definition) is 4. The average molecular weight is 347 g/mol. The Labute approximate surface area is 154 Å². The number of aromatic nitrogens is 3. The van der Waals surface area contributed by atoms with E-state index >= 15 is 0 Å². The molecule has 2 fully saturated rings. The van der Waals surface area contributed by atoms with Crippen LogP contribution in [-0.4, -0.2) is 45.4 Å². The van der Waals surface area contributed by atoms with Crippen molar-refractivity contribution in [3.63, 3.8) is 0 Å². The number of anilines is 1. The topological polar surface area (TPSA) is 45.5 Å². The molecular formula is C21H25N5. The van der Waals surface area contributed by atoms with Crippen LogP contribution in [0.25, 0.3) is 17.0 Å². The summed E-state index contributed by atoms with van der Waals surface area (Å²) in [4.78, 5) is 11.8. The van der Waals surface area contributed by atoms with E-state index in [2.05, 4.69) is 70.1 Å². The zero-order valence-electron chi connectivity index (χ0n) is 15.4. The Kier molecular flexibility index (Phi) is 3.54. The first-order valence-electron chi connectivity index (χ1n) is 9.51. The van der Waals surface area contributed by atoms with Crippen molar-refractivity contribution >= 4 is 11.5 Å². The van der Waals surface area contributed by atoms with E-state index < -0.39 is 0 Å². The van der Waals surface area contributed by atoms with Crippen molar-refractivity contribution in [2.45, 2.75) is 37.6 Å². The summed E-state index contributed by atoms with van der Waals surface area (Å²) in [6.45, 7) is 4.56. The standard InChI is InChI=1S/C21H25N5/c1-21(9-10-21)15-6-7-20-22-12-18(26(20)13-15)17-4-3-5-19(24-17)23-16-8-11-25(2)14-16/h3-7,12-13,16H,8-11,14H2,1-2H3,(H,23,24)/t16-/m1/s1. The van der Waals surface area contributed by atoms with Crippen LogP contribution < -0.4 is 5.32 Å². The molecule has 0 unspecified atom stereocenters. The predicted molar refractivity (Wildman–Crippen MR) is 105 cm³/mol. The molecule has 4 heterocycles. The van der Waals surface area contributed by atoms with Gasteiger partial charge in [-0.1, -0.05) is 19.1 Å². The molecule has 0 spiro atoms. The smallest absolute Gasteiger partial charge is 0.137 e. The van der Waals surface area contributed by atoms with Gasteiger partial charge in [-0.2, -0.15) is 0 Å². The predicted octanol–water partition coefficient (Wildman–Crippen LogP) is 3.56. The summed E-state index contributed by atoms with van der Waals surface area (Å²) in [6.07, 6.45) is 7.90. The van der Waals surface area contributed by atoms with Gasteiger partial charge in [0.1, 0.15) is 11.5 Å². The number of nitrogens with zero attached hydrogens (tertiary/aromatic N) is 4. The van der Waals surface area contributed by atoms with Gasteiger partial charge >= 0.3 is 0 Å². The molecule has 3 aromatic rings. The Balaban J connectivity index is 1.48. The molecule has 1 aliphatic heterocycles. The number of hydrogen-bond donors (Lipinski definition) is 1. The van der Waals surface area contributed by atoms with Crippen molar-refractivity contribution in [1.82, 2.24) is 19.3 Å². The second-order valence-electron chi connectivity index (χ2n) is 8.15. The van der Waals surface area contributed by atoms with Crippen LogP contribution in [0.15, 0.2) is 42.7 Å². The third-order valence-corrected chi connectivity index (χ3v) is 5.96. The summed E-state index contributed by atoms with van der Waals surface area (Å²) < 4.78 is 2.19. The molecule has 0 aromatic carbocycles. The summed E-state index contributed by atoms with van der Waals surface area (Å²) in [7, 11) is 2.17. The van der Waals surface area contributed by atoms with Gasteiger partial charge in [0, 0.05) is 18.8 Å². The first kappa shape index (κ1) is 15.8. The maximum absolute atomic E-state index is 4.87. The van der Waals surface area contributed by atoms with Crippen LogP contribution in [0.1, 0.15) is 31.7 Å². The molecule has 1 atom stereocenters. The lowest BCUT2D eigenvalue weighted by Crippen LogP contribution is -2.23. The van der Waals surface area contributed by atoms with Crippen LogP contribution in [0, 0.1) is 0 Å².